The van der Waals surface area contributed by atoms with Gasteiger partial charge >= 0.3 is 6.18 Å². The van der Waals surface area contributed by atoms with E-state index in [1.165, 1.54) is 12.3 Å². The van der Waals surface area contributed by atoms with Crippen LogP contribution in [0.4, 0.5) is 13.2 Å². The van der Waals surface area contributed by atoms with E-state index in [1.54, 1.807) is 5.48 Å². The summed E-state index contributed by atoms with van der Waals surface area (Å²) in [5, 5.41) is 0. The number of hydroxylamine groups is 1. The lowest BCUT2D eigenvalue weighted by atomic mass is 10.3. The Kier molecular flexibility index (Phi) is 3.46. The maximum Gasteiger partial charge on any atom is 0.414 e. The topological polar surface area (TPSA) is 64.1 Å². The molecule has 1 aromatic rings. The van der Waals surface area contributed by atoms with Crippen LogP contribution >= 0.6 is 0 Å². The fraction of sp³-hybridized carbons (Fsp3) is 0.500. The highest BCUT2D eigenvalue weighted by atomic mass is 19.4. The van der Waals surface area contributed by atoms with E-state index in [0.717, 1.165) is 12.8 Å². The van der Waals surface area contributed by atoms with Crippen LogP contribution in [0.5, 0.6) is 0 Å². The molecule has 2 rings (SSSR count). The van der Waals surface area contributed by atoms with Crippen LogP contribution in [-0.2, 0) is 4.84 Å². The van der Waals surface area contributed by atoms with E-state index in [2.05, 4.69) is 14.8 Å². The average molecular weight is 261 g/mol. The van der Waals surface area contributed by atoms with Crippen molar-refractivity contribution < 1.29 is 22.8 Å². The molecule has 0 aliphatic heterocycles. The van der Waals surface area contributed by atoms with E-state index in [9.17, 15) is 18.0 Å². The molecule has 1 amide bonds. The Balaban J connectivity index is 1.90. The first-order valence-corrected chi connectivity index (χ1v) is 5.27. The summed E-state index contributed by atoms with van der Waals surface area (Å²) in [7, 11) is 0. The van der Waals surface area contributed by atoms with Gasteiger partial charge in [0.05, 0.1) is 0 Å². The zero-order valence-corrected chi connectivity index (χ0v) is 9.20. The van der Waals surface area contributed by atoms with Crippen LogP contribution in [0.15, 0.2) is 12.3 Å². The number of nitrogens with one attached hydrogen (secondary N) is 1. The molecule has 0 aromatic carbocycles. The van der Waals surface area contributed by atoms with Crippen LogP contribution in [0, 0.1) is 0 Å². The highest BCUT2D eigenvalue weighted by molar-refractivity contribution is 5.91. The number of alkyl halides is 3. The highest BCUT2D eigenvalue weighted by Crippen LogP contribution is 2.37. The van der Waals surface area contributed by atoms with Gasteiger partial charge in [0.25, 0.3) is 5.91 Å². The average Bonchev–Trinajstić information content (AvgIpc) is 3.11. The van der Waals surface area contributed by atoms with Gasteiger partial charge in [0, 0.05) is 12.1 Å². The first kappa shape index (κ1) is 12.7. The molecule has 1 fully saturated rings. The van der Waals surface area contributed by atoms with Gasteiger partial charge in [-0.15, -0.1) is 0 Å². The van der Waals surface area contributed by atoms with Crippen LogP contribution in [0.1, 0.15) is 35.1 Å². The van der Waals surface area contributed by atoms with Crippen molar-refractivity contribution in [2.75, 3.05) is 6.61 Å². The van der Waals surface area contributed by atoms with Crippen molar-refractivity contribution in [2.24, 2.45) is 0 Å². The lowest BCUT2D eigenvalue weighted by Gasteiger charge is -2.08. The van der Waals surface area contributed by atoms with Crippen molar-refractivity contribution in [1.29, 1.82) is 0 Å². The summed E-state index contributed by atoms with van der Waals surface area (Å²) in [5.41, 5.74) is 1.69. The number of halogens is 3. The zero-order chi connectivity index (χ0) is 13.2. The Hall–Kier alpha value is -1.70. The first-order chi connectivity index (χ1) is 8.46. The quantitative estimate of drug-likeness (QED) is 0.836. The van der Waals surface area contributed by atoms with Gasteiger partial charge < -0.3 is 0 Å². The Morgan fingerprint density at radius 3 is 2.83 bits per heavy atom. The molecule has 0 radical (unpaired) electrons. The Bertz CT molecular complexity index is 446. The molecule has 0 bridgehead atoms. The van der Waals surface area contributed by atoms with Crippen molar-refractivity contribution >= 4 is 5.91 Å². The number of carbonyl (C=O) groups is 1. The van der Waals surface area contributed by atoms with Gasteiger partial charge in [0.2, 0.25) is 0 Å². The molecule has 98 valence electrons. The lowest BCUT2D eigenvalue weighted by molar-refractivity contribution is -0.184. The minimum Gasteiger partial charge on any atom is -0.265 e. The predicted molar refractivity (Wildman–Crippen MR) is 53.5 cm³/mol. The molecule has 0 unspecified atom stereocenters. The van der Waals surface area contributed by atoms with E-state index in [-0.39, 0.29) is 11.6 Å². The highest BCUT2D eigenvalue weighted by Gasteiger charge is 2.29. The summed E-state index contributed by atoms with van der Waals surface area (Å²) < 4.78 is 35.4. The molecule has 1 aromatic heterocycles. The second-order valence-electron chi connectivity index (χ2n) is 3.91. The molecule has 1 heterocycles. The molecular weight excluding hydrogens is 251 g/mol. The number of rotatable bonds is 4. The van der Waals surface area contributed by atoms with Gasteiger partial charge in [-0.1, -0.05) is 0 Å². The summed E-state index contributed by atoms with van der Waals surface area (Å²) in [6.45, 7) is -1.54. The largest absolute Gasteiger partial charge is 0.414 e. The maximum absolute atomic E-state index is 11.8. The molecule has 0 atom stereocenters. The SMILES string of the molecule is O=C(NOCC(F)(F)F)c1ccnc(C2CC2)n1. The third-order valence-electron chi connectivity index (χ3n) is 2.25. The van der Waals surface area contributed by atoms with Crippen LogP contribution in [-0.4, -0.2) is 28.7 Å². The molecule has 5 nitrogen and oxygen atoms in total. The van der Waals surface area contributed by atoms with Gasteiger partial charge in [-0.3, -0.25) is 9.63 Å². The Morgan fingerprint density at radius 1 is 1.50 bits per heavy atom. The van der Waals surface area contributed by atoms with Gasteiger partial charge in [0.15, 0.2) is 6.61 Å². The summed E-state index contributed by atoms with van der Waals surface area (Å²) >= 11 is 0. The fourth-order valence-electron chi connectivity index (χ4n) is 1.27. The smallest absolute Gasteiger partial charge is 0.265 e. The van der Waals surface area contributed by atoms with Crippen LogP contribution in [0.2, 0.25) is 0 Å². The van der Waals surface area contributed by atoms with Crippen molar-refractivity contribution in [3.05, 3.63) is 23.8 Å². The van der Waals surface area contributed by atoms with Crippen molar-refractivity contribution in [2.45, 2.75) is 24.9 Å². The third-order valence-corrected chi connectivity index (χ3v) is 2.25. The lowest BCUT2D eigenvalue weighted by Crippen LogP contribution is -2.30. The molecule has 1 saturated carbocycles. The maximum atomic E-state index is 11.8. The van der Waals surface area contributed by atoms with Crippen LogP contribution in [0.3, 0.4) is 0 Å². The number of nitrogens with zero attached hydrogens (tertiary/aromatic N) is 2. The van der Waals surface area contributed by atoms with Crippen molar-refractivity contribution in [1.82, 2.24) is 15.4 Å². The van der Waals surface area contributed by atoms with Crippen LogP contribution in [0.25, 0.3) is 0 Å². The van der Waals surface area contributed by atoms with Crippen LogP contribution < -0.4 is 5.48 Å². The number of amides is 1. The normalized spacial score (nSPS) is 15.5. The van der Waals surface area contributed by atoms with E-state index in [1.807, 2.05) is 0 Å². The van der Waals surface area contributed by atoms with E-state index < -0.39 is 18.7 Å². The van der Waals surface area contributed by atoms with E-state index in [4.69, 9.17) is 0 Å². The van der Waals surface area contributed by atoms with E-state index >= 15 is 0 Å². The summed E-state index contributed by atoms with van der Waals surface area (Å²) in [5.74, 6) is -0.0177. The molecule has 18 heavy (non-hydrogen) atoms. The third kappa shape index (κ3) is 3.66. The number of aromatic nitrogens is 2. The van der Waals surface area contributed by atoms with Gasteiger partial charge in [-0.25, -0.2) is 15.4 Å². The zero-order valence-electron chi connectivity index (χ0n) is 9.20. The molecule has 1 aliphatic carbocycles. The van der Waals surface area contributed by atoms with Gasteiger partial charge in [-0.2, -0.15) is 13.2 Å². The fourth-order valence-corrected chi connectivity index (χ4v) is 1.27. The monoisotopic (exact) mass is 261 g/mol. The predicted octanol–water partition coefficient (Wildman–Crippen LogP) is 1.58. The molecule has 8 heteroatoms. The minimum atomic E-state index is -4.49. The molecule has 0 saturated heterocycles. The van der Waals surface area contributed by atoms with E-state index in [0.29, 0.717) is 5.82 Å². The first-order valence-electron chi connectivity index (χ1n) is 5.27. The second kappa shape index (κ2) is 4.89. The number of hydrogen-bond donors (Lipinski definition) is 1. The molecule has 0 spiro atoms. The standard InChI is InChI=1S/C10H10F3N3O2/c11-10(12,13)5-18-16-9(17)7-3-4-14-8(15-7)6-1-2-6/h3-4,6H,1-2,5H2,(H,16,17). The Morgan fingerprint density at radius 2 is 2.22 bits per heavy atom. The number of hydrogen-bond acceptors (Lipinski definition) is 4. The molecular formula is C10H10F3N3O2. The van der Waals surface area contributed by atoms with Gasteiger partial charge in [-0.05, 0) is 18.9 Å². The number of carbonyl (C=O) groups excluding carboxylic acids is 1. The molecule has 1 aliphatic rings. The minimum absolute atomic E-state index is 0.00549. The van der Waals surface area contributed by atoms with Crippen molar-refractivity contribution in [3.8, 4) is 0 Å². The Labute approximate surface area is 100 Å². The molecule has 1 N–H and O–H groups in total. The van der Waals surface area contributed by atoms with Gasteiger partial charge in [0.1, 0.15) is 11.5 Å². The summed E-state index contributed by atoms with van der Waals surface area (Å²) in [6.07, 6.45) is -1.15. The summed E-state index contributed by atoms with van der Waals surface area (Å²) in [6, 6.07) is 1.32. The second-order valence-corrected chi connectivity index (χ2v) is 3.91. The van der Waals surface area contributed by atoms with Crippen molar-refractivity contribution in [3.63, 3.8) is 0 Å². The summed E-state index contributed by atoms with van der Waals surface area (Å²) in [4.78, 5) is 23.4.